The van der Waals surface area contributed by atoms with Crippen molar-refractivity contribution in [3.63, 3.8) is 0 Å². The average molecular weight is 366 g/mol. The number of carboxylic acids is 1. The molecule has 6 nitrogen and oxygen atoms in total. The van der Waals surface area contributed by atoms with E-state index in [0.717, 1.165) is 16.8 Å². The lowest BCUT2D eigenvalue weighted by Crippen LogP contribution is -2.40. The first-order chi connectivity index (χ1) is 12.9. The van der Waals surface area contributed by atoms with Gasteiger partial charge in [0.25, 0.3) is 0 Å². The Balaban J connectivity index is 1.63. The highest BCUT2D eigenvalue weighted by atomic mass is 16.4. The van der Waals surface area contributed by atoms with Crippen molar-refractivity contribution in [2.24, 2.45) is 5.92 Å². The van der Waals surface area contributed by atoms with Gasteiger partial charge in [-0.25, -0.2) is 0 Å². The molecule has 2 amide bonds. The van der Waals surface area contributed by atoms with E-state index in [-0.39, 0.29) is 18.4 Å². The number of aliphatic carboxylic acids is 1. The Kier molecular flexibility index (Phi) is 5.54. The monoisotopic (exact) mass is 366 g/mol. The molecule has 1 heterocycles. The van der Waals surface area contributed by atoms with E-state index in [2.05, 4.69) is 5.32 Å². The summed E-state index contributed by atoms with van der Waals surface area (Å²) >= 11 is 0. The lowest BCUT2D eigenvalue weighted by molar-refractivity contribution is -0.141. The zero-order valence-corrected chi connectivity index (χ0v) is 15.1. The van der Waals surface area contributed by atoms with Crippen LogP contribution in [0.25, 0.3) is 0 Å². The van der Waals surface area contributed by atoms with Crippen molar-refractivity contribution in [3.8, 4) is 0 Å². The number of anilines is 2. The van der Waals surface area contributed by atoms with Crippen molar-refractivity contribution >= 4 is 29.2 Å². The standard InChI is InChI=1S/C21H22N2O4/c1-14(21(26)27)12-15-6-9-17(10-7-15)22-19(24)13-23-18-5-3-2-4-16(18)8-11-20(23)25/h2-7,9-10,14H,8,11-13H2,1H3,(H,22,24)(H,26,27). The van der Waals surface area contributed by atoms with E-state index < -0.39 is 11.9 Å². The number of fused-ring (bicyclic) bond motifs is 1. The Morgan fingerprint density at radius 1 is 1.11 bits per heavy atom. The van der Waals surface area contributed by atoms with Crippen LogP contribution in [0, 0.1) is 5.92 Å². The summed E-state index contributed by atoms with van der Waals surface area (Å²) in [6.07, 6.45) is 1.53. The van der Waals surface area contributed by atoms with Gasteiger partial charge in [0.05, 0.1) is 5.92 Å². The molecule has 140 valence electrons. The van der Waals surface area contributed by atoms with Crippen molar-refractivity contribution in [1.82, 2.24) is 0 Å². The molecule has 0 fully saturated rings. The molecule has 2 N–H and O–H groups in total. The number of nitrogens with one attached hydrogen (secondary N) is 1. The van der Waals surface area contributed by atoms with Crippen LogP contribution in [0.2, 0.25) is 0 Å². The molecule has 0 aromatic heterocycles. The number of hydrogen-bond donors (Lipinski definition) is 2. The summed E-state index contributed by atoms with van der Waals surface area (Å²) < 4.78 is 0. The van der Waals surface area contributed by atoms with E-state index in [1.165, 1.54) is 4.90 Å². The van der Waals surface area contributed by atoms with Crippen LogP contribution in [-0.4, -0.2) is 29.4 Å². The van der Waals surface area contributed by atoms with Crippen LogP contribution >= 0.6 is 0 Å². The predicted molar refractivity (Wildman–Crippen MR) is 103 cm³/mol. The maximum absolute atomic E-state index is 12.4. The minimum absolute atomic E-state index is 0.0341. The smallest absolute Gasteiger partial charge is 0.306 e. The number of carbonyl (C=O) groups is 3. The summed E-state index contributed by atoms with van der Waals surface area (Å²) in [6.45, 7) is 1.62. The highest BCUT2D eigenvalue weighted by molar-refractivity contribution is 6.04. The Hall–Kier alpha value is -3.15. The number of carbonyl (C=O) groups excluding carboxylic acids is 2. The zero-order chi connectivity index (χ0) is 19.4. The molecular formula is C21H22N2O4. The summed E-state index contributed by atoms with van der Waals surface area (Å²) in [6, 6.07) is 14.7. The third kappa shape index (κ3) is 4.53. The summed E-state index contributed by atoms with van der Waals surface area (Å²) in [5.41, 5.74) is 3.37. The van der Waals surface area contributed by atoms with Crippen LogP contribution < -0.4 is 10.2 Å². The third-order valence-corrected chi connectivity index (χ3v) is 4.69. The minimum atomic E-state index is -0.834. The van der Waals surface area contributed by atoms with Crippen molar-refractivity contribution in [2.75, 3.05) is 16.8 Å². The number of benzene rings is 2. The fourth-order valence-electron chi connectivity index (χ4n) is 3.18. The highest BCUT2D eigenvalue weighted by Crippen LogP contribution is 2.27. The largest absolute Gasteiger partial charge is 0.481 e. The summed E-state index contributed by atoms with van der Waals surface area (Å²) in [5.74, 6) is -1.62. The normalized spacial score (nSPS) is 14.4. The Morgan fingerprint density at radius 3 is 2.52 bits per heavy atom. The van der Waals surface area contributed by atoms with E-state index >= 15 is 0 Å². The summed E-state index contributed by atoms with van der Waals surface area (Å²) in [5, 5.41) is 11.8. The third-order valence-electron chi connectivity index (χ3n) is 4.69. The molecule has 0 saturated carbocycles. The molecule has 0 saturated heterocycles. The number of aryl methyl sites for hydroxylation is 1. The summed E-state index contributed by atoms with van der Waals surface area (Å²) in [7, 11) is 0. The molecule has 1 unspecified atom stereocenters. The first-order valence-electron chi connectivity index (χ1n) is 8.94. The lowest BCUT2D eigenvalue weighted by atomic mass is 10.0. The number of amides is 2. The molecule has 0 radical (unpaired) electrons. The second-order valence-electron chi connectivity index (χ2n) is 6.80. The number of para-hydroxylation sites is 1. The van der Waals surface area contributed by atoms with Crippen LogP contribution in [0.3, 0.4) is 0 Å². The van der Waals surface area contributed by atoms with Crippen molar-refractivity contribution < 1.29 is 19.5 Å². The molecule has 1 aliphatic heterocycles. The second kappa shape index (κ2) is 8.03. The molecule has 3 rings (SSSR count). The molecule has 1 aliphatic rings. The SMILES string of the molecule is CC(Cc1ccc(NC(=O)CN2C(=O)CCc3ccccc32)cc1)C(=O)O. The average Bonchev–Trinajstić information content (AvgIpc) is 2.65. The van der Waals surface area contributed by atoms with E-state index in [1.807, 2.05) is 24.3 Å². The Bertz CT molecular complexity index is 861. The first kappa shape index (κ1) is 18.6. The molecule has 0 spiro atoms. The van der Waals surface area contributed by atoms with E-state index in [0.29, 0.717) is 24.9 Å². The van der Waals surface area contributed by atoms with Gasteiger partial charge in [-0.15, -0.1) is 0 Å². The van der Waals surface area contributed by atoms with E-state index in [1.54, 1.807) is 31.2 Å². The zero-order valence-electron chi connectivity index (χ0n) is 15.1. The molecule has 6 heteroatoms. The van der Waals surface area contributed by atoms with Crippen molar-refractivity contribution in [2.45, 2.75) is 26.2 Å². The maximum Gasteiger partial charge on any atom is 0.306 e. The number of hydrogen-bond acceptors (Lipinski definition) is 3. The van der Waals surface area contributed by atoms with Gasteiger partial charge in [-0.05, 0) is 42.2 Å². The summed E-state index contributed by atoms with van der Waals surface area (Å²) in [4.78, 5) is 37.1. The quantitative estimate of drug-likeness (QED) is 0.823. The van der Waals surface area contributed by atoms with Crippen LogP contribution in [0.4, 0.5) is 11.4 Å². The molecule has 2 aromatic carbocycles. The van der Waals surface area contributed by atoms with Crippen LogP contribution in [0.5, 0.6) is 0 Å². The first-order valence-corrected chi connectivity index (χ1v) is 8.94. The Morgan fingerprint density at radius 2 is 1.81 bits per heavy atom. The molecule has 0 aliphatic carbocycles. The number of rotatable bonds is 6. The highest BCUT2D eigenvalue weighted by Gasteiger charge is 2.25. The predicted octanol–water partition coefficient (Wildman–Crippen LogP) is 2.87. The number of nitrogens with zero attached hydrogens (tertiary/aromatic N) is 1. The Labute approximate surface area is 157 Å². The number of carboxylic acid groups (broad SMARTS) is 1. The molecule has 1 atom stereocenters. The fraction of sp³-hybridized carbons (Fsp3) is 0.286. The van der Waals surface area contributed by atoms with Gasteiger partial charge in [0.1, 0.15) is 6.54 Å². The molecular weight excluding hydrogens is 344 g/mol. The van der Waals surface area contributed by atoms with Crippen molar-refractivity contribution in [3.05, 3.63) is 59.7 Å². The van der Waals surface area contributed by atoms with Gasteiger partial charge in [-0.1, -0.05) is 37.3 Å². The van der Waals surface area contributed by atoms with Gasteiger partial charge in [-0.2, -0.15) is 0 Å². The van der Waals surface area contributed by atoms with Gasteiger partial charge in [0, 0.05) is 17.8 Å². The van der Waals surface area contributed by atoms with E-state index in [4.69, 9.17) is 5.11 Å². The maximum atomic E-state index is 12.4. The topological polar surface area (TPSA) is 86.7 Å². The lowest BCUT2D eigenvalue weighted by Gasteiger charge is -2.28. The fourth-order valence-corrected chi connectivity index (χ4v) is 3.18. The molecule has 2 aromatic rings. The molecule has 0 bridgehead atoms. The van der Waals surface area contributed by atoms with Gasteiger partial charge in [-0.3, -0.25) is 14.4 Å². The van der Waals surface area contributed by atoms with Crippen molar-refractivity contribution in [1.29, 1.82) is 0 Å². The van der Waals surface area contributed by atoms with Crippen LogP contribution in [0.1, 0.15) is 24.5 Å². The van der Waals surface area contributed by atoms with Gasteiger partial charge in [0.15, 0.2) is 0 Å². The van der Waals surface area contributed by atoms with Gasteiger partial charge in [0.2, 0.25) is 11.8 Å². The van der Waals surface area contributed by atoms with Gasteiger partial charge >= 0.3 is 5.97 Å². The van der Waals surface area contributed by atoms with Crippen LogP contribution in [-0.2, 0) is 27.2 Å². The van der Waals surface area contributed by atoms with Gasteiger partial charge < -0.3 is 15.3 Å². The van der Waals surface area contributed by atoms with E-state index in [9.17, 15) is 14.4 Å². The van der Waals surface area contributed by atoms with Crippen LogP contribution in [0.15, 0.2) is 48.5 Å². The molecule has 27 heavy (non-hydrogen) atoms. The second-order valence-corrected chi connectivity index (χ2v) is 6.80. The minimum Gasteiger partial charge on any atom is -0.481 e.